The van der Waals surface area contributed by atoms with Crippen LogP contribution in [0.1, 0.15) is 71.1 Å². The van der Waals surface area contributed by atoms with Crippen LogP contribution in [0.25, 0.3) is 5.69 Å². The highest BCUT2D eigenvalue weighted by atomic mass is 16.5. The quantitative estimate of drug-likeness (QED) is 0.463. The van der Waals surface area contributed by atoms with Gasteiger partial charge in [-0.05, 0) is 31.4 Å². The van der Waals surface area contributed by atoms with Crippen molar-refractivity contribution in [3.8, 4) is 5.69 Å². The number of carbonyl (C=O) groups excluding carboxylic acids is 2. The van der Waals surface area contributed by atoms with E-state index in [2.05, 4.69) is 33.0 Å². The van der Waals surface area contributed by atoms with Crippen LogP contribution in [0.3, 0.4) is 0 Å². The van der Waals surface area contributed by atoms with Crippen LogP contribution in [0, 0.1) is 6.92 Å². The molecule has 0 bridgehead atoms. The molecule has 0 spiro atoms. The maximum absolute atomic E-state index is 13.0. The summed E-state index contributed by atoms with van der Waals surface area (Å²) in [5.74, 6) is 0.387. The fourth-order valence-corrected chi connectivity index (χ4v) is 3.55. The summed E-state index contributed by atoms with van der Waals surface area (Å²) in [4.78, 5) is 27.4. The smallest absolute Gasteiger partial charge is 0.245 e. The number of benzene rings is 1. The Labute approximate surface area is 198 Å². The van der Waals surface area contributed by atoms with E-state index in [1.165, 1.54) is 0 Å². The highest BCUT2D eigenvalue weighted by molar-refractivity contribution is 5.94. The zero-order valence-electron chi connectivity index (χ0n) is 21.1. The predicted molar refractivity (Wildman–Crippen MR) is 133 cm³/mol. The van der Waals surface area contributed by atoms with Gasteiger partial charge in [-0.3, -0.25) is 9.59 Å². The van der Waals surface area contributed by atoms with Crippen molar-refractivity contribution in [3.63, 3.8) is 0 Å². The Kier molecular flexibility index (Phi) is 10.1. The van der Waals surface area contributed by atoms with E-state index in [-0.39, 0.29) is 23.8 Å². The molecule has 7 heteroatoms. The molecule has 0 saturated carbocycles. The molecule has 7 nitrogen and oxygen atoms in total. The van der Waals surface area contributed by atoms with Gasteiger partial charge in [0.05, 0.1) is 17.9 Å². The van der Waals surface area contributed by atoms with Gasteiger partial charge < -0.3 is 15.0 Å². The molecule has 0 fully saturated rings. The Morgan fingerprint density at radius 3 is 2.52 bits per heavy atom. The molecule has 0 unspecified atom stereocenters. The number of rotatable bonds is 12. The van der Waals surface area contributed by atoms with Crippen molar-refractivity contribution in [1.82, 2.24) is 14.7 Å². The summed E-state index contributed by atoms with van der Waals surface area (Å²) in [7, 11) is 1.64. The van der Waals surface area contributed by atoms with Crippen molar-refractivity contribution in [2.45, 2.75) is 72.1 Å². The summed E-state index contributed by atoms with van der Waals surface area (Å²) in [5.41, 5.74) is 2.68. The number of methoxy groups -OCH3 is 1. The first kappa shape index (κ1) is 26.6. The largest absolute Gasteiger partial charge is 0.385 e. The first-order chi connectivity index (χ1) is 15.7. The number of ether oxygens (including phenoxy) is 1. The molecule has 2 amide bonds. The fraction of sp³-hybridized carbons (Fsp3) is 0.577. The Hall–Kier alpha value is -2.67. The van der Waals surface area contributed by atoms with Crippen LogP contribution < -0.4 is 5.32 Å². The molecular formula is C26H40N4O3. The Balaban J connectivity index is 2.22. The number of nitrogens with zero attached hydrogens (tertiary/aromatic N) is 3. The van der Waals surface area contributed by atoms with Crippen LogP contribution in [-0.4, -0.2) is 53.3 Å². The minimum atomic E-state index is -0.230. The number of para-hydroxylation sites is 1. The van der Waals surface area contributed by atoms with Crippen LogP contribution in [0.15, 0.2) is 30.3 Å². The summed E-state index contributed by atoms with van der Waals surface area (Å²) in [6.07, 6.45) is 4.06. The van der Waals surface area contributed by atoms with E-state index in [4.69, 9.17) is 9.84 Å². The highest BCUT2D eigenvalue weighted by Gasteiger charge is 2.23. The van der Waals surface area contributed by atoms with E-state index < -0.39 is 0 Å². The monoisotopic (exact) mass is 456 g/mol. The molecular weight excluding hydrogens is 416 g/mol. The zero-order valence-corrected chi connectivity index (χ0v) is 21.1. The normalized spacial score (nSPS) is 11.5. The van der Waals surface area contributed by atoms with Crippen LogP contribution in [0.2, 0.25) is 0 Å². The third-order valence-electron chi connectivity index (χ3n) is 5.55. The van der Waals surface area contributed by atoms with Gasteiger partial charge in [0, 0.05) is 38.2 Å². The summed E-state index contributed by atoms with van der Waals surface area (Å²) in [5, 5.41) is 7.80. The van der Waals surface area contributed by atoms with E-state index >= 15 is 0 Å². The minimum absolute atomic E-state index is 0.0116. The van der Waals surface area contributed by atoms with Crippen molar-refractivity contribution in [2.75, 3.05) is 32.1 Å². The van der Waals surface area contributed by atoms with Gasteiger partial charge in [-0.25, -0.2) is 4.68 Å². The lowest BCUT2D eigenvalue weighted by atomic mass is 9.92. The van der Waals surface area contributed by atoms with Crippen LogP contribution in [0.5, 0.6) is 0 Å². The number of aromatic nitrogens is 2. The van der Waals surface area contributed by atoms with Gasteiger partial charge >= 0.3 is 0 Å². The number of amides is 2. The van der Waals surface area contributed by atoms with Gasteiger partial charge in [0.15, 0.2) is 0 Å². The first-order valence-electron chi connectivity index (χ1n) is 11.9. The second-order valence-corrected chi connectivity index (χ2v) is 9.53. The average Bonchev–Trinajstić information content (AvgIpc) is 3.17. The van der Waals surface area contributed by atoms with Crippen molar-refractivity contribution >= 4 is 17.6 Å². The lowest BCUT2D eigenvalue weighted by Crippen LogP contribution is -2.39. The van der Waals surface area contributed by atoms with E-state index in [1.54, 1.807) is 16.7 Å². The summed E-state index contributed by atoms with van der Waals surface area (Å²) < 4.78 is 6.92. The Bertz CT molecular complexity index is 915. The van der Waals surface area contributed by atoms with Crippen molar-refractivity contribution in [2.24, 2.45) is 0 Å². The lowest BCUT2D eigenvalue weighted by molar-refractivity contribution is -0.135. The van der Waals surface area contributed by atoms with Crippen molar-refractivity contribution in [1.29, 1.82) is 0 Å². The van der Waals surface area contributed by atoms with Gasteiger partial charge in [0.1, 0.15) is 5.82 Å². The third kappa shape index (κ3) is 8.00. The van der Waals surface area contributed by atoms with E-state index in [0.29, 0.717) is 31.8 Å². The van der Waals surface area contributed by atoms with Gasteiger partial charge in [-0.15, -0.1) is 0 Å². The Morgan fingerprint density at radius 2 is 1.88 bits per heavy atom. The molecule has 2 rings (SSSR count). The summed E-state index contributed by atoms with van der Waals surface area (Å²) in [6.45, 7) is 11.5. The van der Waals surface area contributed by atoms with E-state index in [0.717, 1.165) is 36.2 Å². The predicted octanol–water partition coefficient (Wildman–Crippen LogP) is 4.86. The maximum Gasteiger partial charge on any atom is 0.245 e. The van der Waals surface area contributed by atoms with E-state index in [1.807, 2.05) is 37.3 Å². The molecule has 0 aliphatic rings. The van der Waals surface area contributed by atoms with E-state index in [9.17, 15) is 9.59 Å². The number of hydrogen-bond acceptors (Lipinski definition) is 4. The average molecular weight is 457 g/mol. The van der Waals surface area contributed by atoms with Crippen LogP contribution in [0.4, 0.5) is 5.82 Å². The van der Waals surface area contributed by atoms with Crippen molar-refractivity contribution in [3.05, 3.63) is 41.6 Å². The number of carbonyl (C=O) groups is 2. The molecule has 0 atom stereocenters. The second-order valence-electron chi connectivity index (χ2n) is 9.53. The molecule has 0 aliphatic carbocycles. The number of unbranched alkanes of at least 4 members (excludes halogenated alkanes) is 2. The molecule has 0 radical (unpaired) electrons. The molecule has 0 aliphatic heterocycles. The second kappa shape index (κ2) is 12.5. The van der Waals surface area contributed by atoms with Crippen molar-refractivity contribution < 1.29 is 14.3 Å². The van der Waals surface area contributed by atoms with Gasteiger partial charge in [0.25, 0.3) is 0 Å². The SMILES string of the molecule is CCCCCC(=O)N(CCCOC)CC(=O)Nc1cc(C(C)(C)C)nn1-c1ccccc1C. The lowest BCUT2D eigenvalue weighted by Gasteiger charge is -2.22. The number of hydrogen-bond donors (Lipinski definition) is 1. The first-order valence-corrected chi connectivity index (χ1v) is 11.9. The fourth-order valence-electron chi connectivity index (χ4n) is 3.55. The molecule has 33 heavy (non-hydrogen) atoms. The summed E-state index contributed by atoms with van der Waals surface area (Å²) >= 11 is 0. The third-order valence-corrected chi connectivity index (χ3v) is 5.55. The molecule has 0 saturated heterocycles. The minimum Gasteiger partial charge on any atom is -0.385 e. The zero-order chi connectivity index (χ0) is 24.4. The van der Waals surface area contributed by atoms with Gasteiger partial charge in [-0.1, -0.05) is 58.7 Å². The number of anilines is 1. The topological polar surface area (TPSA) is 76.5 Å². The maximum atomic E-state index is 13.0. The van der Waals surface area contributed by atoms with Gasteiger partial charge in [-0.2, -0.15) is 5.10 Å². The van der Waals surface area contributed by atoms with Gasteiger partial charge in [0.2, 0.25) is 11.8 Å². The molecule has 1 aromatic heterocycles. The summed E-state index contributed by atoms with van der Waals surface area (Å²) in [6, 6.07) is 9.86. The number of aryl methyl sites for hydroxylation is 1. The molecule has 1 N–H and O–H groups in total. The standard InChI is InChI=1S/C26H40N4O3/c1-7-8-9-15-25(32)29(16-12-17-33-6)19-24(31)27-23-18-22(26(3,4)5)28-30(23)21-14-11-10-13-20(21)2/h10-11,13-14,18H,7-9,12,15-17,19H2,1-6H3,(H,27,31). The molecule has 182 valence electrons. The molecule has 1 aromatic carbocycles. The Morgan fingerprint density at radius 1 is 1.15 bits per heavy atom. The molecule has 1 heterocycles. The number of nitrogens with one attached hydrogen (secondary N) is 1. The highest BCUT2D eigenvalue weighted by Crippen LogP contribution is 2.27. The van der Waals surface area contributed by atoms with Crippen LogP contribution in [-0.2, 0) is 19.7 Å². The van der Waals surface area contributed by atoms with Crippen LogP contribution >= 0.6 is 0 Å². The molecule has 2 aromatic rings.